The quantitative estimate of drug-likeness (QED) is 0.252. The maximum absolute atomic E-state index is 12.2. The normalized spacial score (nSPS) is 25.3. The molecule has 4 atom stereocenters. The molecule has 6 nitrogen and oxygen atoms in total. The molecule has 2 fully saturated rings. The second-order valence-corrected chi connectivity index (χ2v) is 8.69. The molecule has 30 heavy (non-hydrogen) atoms. The van der Waals surface area contributed by atoms with Crippen LogP contribution in [-0.2, 0) is 28.5 Å². The van der Waals surface area contributed by atoms with Crippen molar-refractivity contribution in [1.82, 2.24) is 0 Å². The highest BCUT2D eigenvalue weighted by Crippen LogP contribution is 2.31. The van der Waals surface area contributed by atoms with Crippen molar-refractivity contribution in [2.75, 3.05) is 13.2 Å². The Morgan fingerprint density at radius 1 is 0.633 bits per heavy atom. The molecule has 6 heteroatoms. The molecule has 2 heterocycles. The van der Waals surface area contributed by atoms with Gasteiger partial charge in [-0.15, -0.1) is 0 Å². The predicted molar refractivity (Wildman–Crippen MR) is 115 cm³/mol. The molecule has 0 bridgehead atoms. The van der Waals surface area contributed by atoms with Gasteiger partial charge in [-0.1, -0.05) is 78.1 Å². The van der Waals surface area contributed by atoms with Crippen LogP contribution in [0.25, 0.3) is 0 Å². The van der Waals surface area contributed by atoms with E-state index in [4.69, 9.17) is 18.9 Å². The fraction of sp³-hybridized carbons (Fsp3) is 0.917. The van der Waals surface area contributed by atoms with Crippen LogP contribution < -0.4 is 0 Å². The molecule has 0 aromatic rings. The maximum Gasteiger partial charge on any atom is 0.306 e. The Balaban J connectivity index is 1.59. The molecule has 2 rings (SSSR count). The summed E-state index contributed by atoms with van der Waals surface area (Å²) in [5.41, 5.74) is 0. The first-order valence-electron chi connectivity index (χ1n) is 12.3. The van der Waals surface area contributed by atoms with E-state index in [2.05, 4.69) is 13.8 Å². The van der Waals surface area contributed by atoms with Crippen molar-refractivity contribution < 1.29 is 28.5 Å². The first-order chi connectivity index (χ1) is 14.7. The average Bonchev–Trinajstić information content (AvgIpc) is 3.31. The van der Waals surface area contributed by atoms with Crippen LogP contribution in [0.3, 0.4) is 0 Å². The van der Waals surface area contributed by atoms with E-state index in [-0.39, 0.29) is 24.1 Å². The number of carbonyl (C=O) groups excluding carboxylic acids is 2. The van der Waals surface area contributed by atoms with E-state index in [1.54, 1.807) is 0 Å². The highest BCUT2D eigenvalue weighted by atomic mass is 16.7. The van der Waals surface area contributed by atoms with E-state index >= 15 is 0 Å². The van der Waals surface area contributed by atoms with Gasteiger partial charge in [0.15, 0.2) is 12.2 Å². The summed E-state index contributed by atoms with van der Waals surface area (Å²) in [7, 11) is 0. The van der Waals surface area contributed by atoms with Gasteiger partial charge in [-0.25, -0.2) is 0 Å². The number of rotatable bonds is 16. The van der Waals surface area contributed by atoms with Crippen LogP contribution in [-0.4, -0.2) is 49.6 Å². The van der Waals surface area contributed by atoms with Gasteiger partial charge in [0.05, 0.1) is 13.2 Å². The van der Waals surface area contributed by atoms with Gasteiger partial charge in [0.25, 0.3) is 0 Å². The summed E-state index contributed by atoms with van der Waals surface area (Å²) < 4.78 is 22.7. The lowest BCUT2D eigenvalue weighted by atomic mass is 10.1. The van der Waals surface area contributed by atoms with E-state index in [9.17, 15) is 9.59 Å². The van der Waals surface area contributed by atoms with E-state index in [1.807, 2.05) is 0 Å². The van der Waals surface area contributed by atoms with Crippen molar-refractivity contribution in [3.63, 3.8) is 0 Å². The molecule has 4 unspecified atom stereocenters. The molecule has 2 aliphatic heterocycles. The van der Waals surface area contributed by atoms with Gasteiger partial charge >= 0.3 is 11.9 Å². The minimum absolute atomic E-state index is 0.186. The summed E-state index contributed by atoms with van der Waals surface area (Å²) in [6, 6.07) is 0. The molecule has 0 aliphatic carbocycles. The molecular formula is C24H42O6. The van der Waals surface area contributed by atoms with E-state index in [0.29, 0.717) is 26.1 Å². The summed E-state index contributed by atoms with van der Waals surface area (Å²) >= 11 is 0. The number of esters is 2. The van der Waals surface area contributed by atoms with Gasteiger partial charge in [0.2, 0.25) is 0 Å². The van der Waals surface area contributed by atoms with Crippen LogP contribution >= 0.6 is 0 Å². The van der Waals surface area contributed by atoms with E-state index in [1.165, 1.54) is 44.9 Å². The van der Waals surface area contributed by atoms with Crippen LogP contribution in [0.2, 0.25) is 0 Å². The predicted octanol–water partition coefficient (Wildman–Crippen LogP) is 5.11. The van der Waals surface area contributed by atoms with Crippen molar-refractivity contribution >= 4 is 11.9 Å². The number of fused-ring (bicyclic) bond motifs is 1. The summed E-state index contributed by atoms with van der Waals surface area (Å²) in [5, 5.41) is 0. The van der Waals surface area contributed by atoms with Crippen LogP contribution in [0, 0.1) is 0 Å². The Morgan fingerprint density at radius 2 is 1.00 bits per heavy atom. The molecule has 0 aromatic carbocycles. The first-order valence-corrected chi connectivity index (χ1v) is 12.3. The summed E-state index contributed by atoms with van der Waals surface area (Å²) in [5.74, 6) is -0.377. The molecule has 0 aromatic heterocycles. The van der Waals surface area contributed by atoms with Crippen LogP contribution in [0.1, 0.15) is 104 Å². The average molecular weight is 427 g/mol. The number of ether oxygens (including phenoxy) is 4. The van der Waals surface area contributed by atoms with Crippen LogP contribution in [0.4, 0.5) is 0 Å². The smallest absolute Gasteiger partial charge is 0.306 e. The molecule has 0 amide bonds. The third kappa shape index (κ3) is 8.93. The third-order valence-electron chi connectivity index (χ3n) is 6.00. The molecule has 0 N–H and O–H groups in total. The zero-order valence-corrected chi connectivity index (χ0v) is 19.1. The molecule has 0 spiro atoms. The topological polar surface area (TPSA) is 71.1 Å². The number of hydrogen-bond acceptors (Lipinski definition) is 6. The van der Waals surface area contributed by atoms with E-state index in [0.717, 1.165) is 32.1 Å². The second kappa shape index (κ2) is 14.8. The summed E-state index contributed by atoms with van der Waals surface area (Å²) in [4.78, 5) is 24.2. The fourth-order valence-corrected chi connectivity index (χ4v) is 4.19. The molecule has 0 radical (unpaired) electrons. The van der Waals surface area contributed by atoms with Crippen molar-refractivity contribution in [2.45, 2.75) is 128 Å². The number of hydrogen-bond donors (Lipinski definition) is 0. The van der Waals surface area contributed by atoms with Crippen molar-refractivity contribution in [3.05, 3.63) is 0 Å². The lowest BCUT2D eigenvalue weighted by molar-refractivity contribution is -0.155. The Morgan fingerprint density at radius 3 is 1.40 bits per heavy atom. The van der Waals surface area contributed by atoms with Gasteiger partial charge in [-0.3, -0.25) is 9.59 Å². The van der Waals surface area contributed by atoms with Crippen LogP contribution in [0.5, 0.6) is 0 Å². The Labute approximate surface area is 182 Å². The highest BCUT2D eigenvalue weighted by molar-refractivity contribution is 5.70. The van der Waals surface area contributed by atoms with Gasteiger partial charge in [0, 0.05) is 12.8 Å². The summed E-state index contributed by atoms with van der Waals surface area (Å²) in [6.07, 6.45) is 13.1. The third-order valence-corrected chi connectivity index (χ3v) is 6.00. The molecule has 2 saturated heterocycles. The highest BCUT2D eigenvalue weighted by Gasteiger charge is 2.51. The van der Waals surface area contributed by atoms with E-state index < -0.39 is 12.2 Å². The number of unbranched alkanes of at least 4 members (excludes halogenated alkanes) is 10. The standard InChI is InChI=1S/C24H42O6/c1-3-5-7-9-10-12-14-16-22(26)30-20-18-28-23-19(17-27-24(20)23)29-21(25)15-13-11-8-6-4-2/h19-20,23-24H,3-18H2,1-2H3. The molecular weight excluding hydrogens is 384 g/mol. The van der Waals surface area contributed by atoms with Crippen LogP contribution in [0.15, 0.2) is 0 Å². The SMILES string of the molecule is CCCCCCCCCC(=O)OC1COC2C(OC(=O)CCCCCCC)COC12. The molecule has 0 saturated carbocycles. The first kappa shape index (κ1) is 25.1. The van der Waals surface area contributed by atoms with Gasteiger partial charge in [-0.2, -0.15) is 0 Å². The minimum atomic E-state index is -0.398. The minimum Gasteiger partial charge on any atom is -0.457 e. The lowest BCUT2D eigenvalue weighted by Gasteiger charge is -2.17. The largest absolute Gasteiger partial charge is 0.457 e. The lowest BCUT2D eigenvalue weighted by Crippen LogP contribution is -2.35. The second-order valence-electron chi connectivity index (χ2n) is 8.69. The zero-order chi connectivity index (χ0) is 21.6. The fourth-order valence-electron chi connectivity index (χ4n) is 4.19. The van der Waals surface area contributed by atoms with Gasteiger partial charge in [0.1, 0.15) is 12.2 Å². The summed E-state index contributed by atoms with van der Waals surface area (Å²) in [6.45, 7) is 5.00. The van der Waals surface area contributed by atoms with Gasteiger partial charge in [-0.05, 0) is 12.8 Å². The van der Waals surface area contributed by atoms with Crippen molar-refractivity contribution in [3.8, 4) is 0 Å². The Hall–Kier alpha value is -1.14. The Kier molecular flexibility index (Phi) is 12.4. The van der Waals surface area contributed by atoms with Crippen molar-refractivity contribution in [1.29, 1.82) is 0 Å². The molecule has 174 valence electrons. The van der Waals surface area contributed by atoms with Gasteiger partial charge < -0.3 is 18.9 Å². The maximum atomic E-state index is 12.2. The number of carbonyl (C=O) groups is 2. The monoisotopic (exact) mass is 426 g/mol. The van der Waals surface area contributed by atoms with Crippen molar-refractivity contribution in [2.24, 2.45) is 0 Å². The Bertz CT molecular complexity index is 494. The molecule has 2 aliphatic rings. The zero-order valence-electron chi connectivity index (χ0n) is 19.1.